The first kappa shape index (κ1) is 13.3. The fourth-order valence-electron chi connectivity index (χ4n) is 2.63. The molecule has 2 atom stereocenters. The van der Waals surface area contributed by atoms with Gasteiger partial charge >= 0.3 is 0 Å². The highest BCUT2D eigenvalue weighted by Gasteiger charge is 2.33. The van der Waals surface area contributed by atoms with Crippen LogP contribution >= 0.6 is 0 Å². The van der Waals surface area contributed by atoms with Gasteiger partial charge in [-0.2, -0.15) is 0 Å². The first-order chi connectivity index (χ1) is 8.48. The van der Waals surface area contributed by atoms with E-state index in [1.54, 1.807) is 0 Å². The normalized spacial score (nSPS) is 23.8. The van der Waals surface area contributed by atoms with Crippen molar-refractivity contribution in [3.05, 3.63) is 35.9 Å². The van der Waals surface area contributed by atoms with E-state index in [1.807, 2.05) is 37.3 Å². The summed E-state index contributed by atoms with van der Waals surface area (Å²) in [7, 11) is 0. The van der Waals surface area contributed by atoms with E-state index < -0.39 is 0 Å². The lowest BCUT2D eigenvalue weighted by molar-refractivity contribution is -0.0226. The van der Waals surface area contributed by atoms with Gasteiger partial charge in [0.2, 0.25) is 0 Å². The van der Waals surface area contributed by atoms with E-state index in [0.29, 0.717) is 0 Å². The lowest BCUT2D eigenvalue weighted by atomic mass is 9.93. The van der Waals surface area contributed by atoms with E-state index in [9.17, 15) is 4.79 Å². The minimum atomic E-state index is -0.0137. The molecule has 98 valence electrons. The van der Waals surface area contributed by atoms with Gasteiger partial charge in [-0.3, -0.25) is 4.79 Å². The largest absolute Gasteiger partial charge is 0.372 e. The summed E-state index contributed by atoms with van der Waals surface area (Å²) in [6.45, 7) is 6.25. The van der Waals surface area contributed by atoms with Crippen molar-refractivity contribution in [3.8, 4) is 0 Å². The van der Waals surface area contributed by atoms with E-state index >= 15 is 0 Å². The summed E-state index contributed by atoms with van der Waals surface area (Å²) in [6.07, 6.45) is 3.23. The molecule has 1 aromatic rings. The Balaban J connectivity index is 1.93. The Morgan fingerprint density at radius 2 is 2.06 bits per heavy atom. The van der Waals surface area contributed by atoms with Crippen molar-refractivity contribution >= 4 is 5.78 Å². The molecule has 2 heteroatoms. The molecular formula is C16H22O2. The quantitative estimate of drug-likeness (QED) is 0.754. The third-order valence-corrected chi connectivity index (χ3v) is 3.68. The highest BCUT2D eigenvalue weighted by molar-refractivity contribution is 5.97. The van der Waals surface area contributed by atoms with Crippen molar-refractivity contribution in [3.63, 3.8) is 0 Å². The van der Waals surface area contributed by atoms with Crippen LogP contribution in [0.2, 0.25) is 0 Å². The zero-order valence-electron chi connectivity index (χ0n) is 11.5. The molecule has 0 aliphatic carbocycles. The third kappa shape index (κ3) is 3.20. The smallest absolute Gasteiger partial charge is 0.165 e. The number of carbonyl (C=O) groups excluding carboxylic acids is 1. The van der Waals surface area contributed by atoms with E-state index in [0.717, 1.165) is 24.8 Å². The SMILES string of the molecule is CC(CC1CCC(C)(C)O1)C(=O)c1ccccc1. The van der Waals surface area contributed by atoms with Crippen LogP contribution < -0.4 is 0 Å². The predicted octanol–water partition coefficient (Wildman–Crippen LogP) is 3.85. The van der Waals surface area contributed by atoms with Crippen LogP contribution in [0.4, 0.5) is 0 Å². The molecule has 0 N–H and O–H groups in total. The summed E-state index contributed by atoms with van der Waals surface area (Å²) < 4.78 is 5.95. The molecule has 1 heterocycles. The van der Waals surface area contributed by atoms with Crippen molar-refractivity contribution < 1.29 is 9.53 Å². The molecule has 1 aliphatic heterocycles. The van der Waals surface area contributed by atoms with Crippen LogP contribution in [0.5, 0.6) is 0 Å². The van der Waals surface area contributed by atoms with Crippen LogP contribution in [0.3, 0.4) is 0 Å². The van der Waals surface area contributed by atoms with Gasteiger partial charge in [-0.25, -0.2) is 0 Å². The van der Waals surface area contributed by atoms with E-state index in [2.05, 4.69) is 13.8 Å². The van der Waals surface area contributed by atoms with Gasteiger partial charge in [0.1, 0.15) is 0 Å². The van der Waals surface area contributed by atoms with Crippen molar-refractivity contribution in [2.45, 2.75) is 51.7 Å². The molecule has 1 aromatic carbocycles. The van der Waals surface area contributed by atoms with E-state index in [-0.39, 0.29) is 23.4 Å². The first-order valence-corrected chi connectivity index (χ1v) is 6.75. The maximum absolute atomic E-state index is 12.2. The number of carbonyl (C=O) groups is 1. The molecule has 0 bridgehead atoms. The Kier molecular flexibility index (Phi) is 3.86. The average Bonchev–Trinajstić information content (AvgIpc) is 2.68. The Hall–Kier alpha value is -1.15. The number of benzene rings is 1. The zero-order valence-corrected chi connectivity index (χ0v) is 11.5. The average molecular weight is 246 g/mol. The molecule has 1 fully saturated rings. The van der Waals surface area contributed by atoms with Gasteiger partial charge < -0.3 is 4.74 Å². The topological polar surface area (TPSA) is 26.3 Å². The zero-order chi connectivity index (χ0) is 13.2. The van der Waals surface area contributed by atoms with E-state index in [1.165, 1.54) is 0 Å². The van der Waals surface area contributed by atoms with E-state index in [4.69, 9.17) is 4.74 Å². The minimum Gasteiger partial charge on any atom is -0.372 e. The molecule has 1 saturated heterocycles. The molecule has 2 unspecified atom stereocenters. The molecular weight excluding hydrogens is 224 g/mol. The number of hydrogen-bond donors (Lipinski definition) is 0. The van der Waals surface area contributed by atoms with Crippen LogP contribution in [0.1, 0.15) is 50.4 Å². The summed E-state index contributed by atoms with van der Waals surface area (Å²) in [6, 6.07) is 9.53. The monoisotopic (exact) mass is 246 g/mol. The fourth-order valence-corrected chi connectivity index (χ4v) is 2.63. The van der Waals surface area contributed by atoms with Crippen LogP contribution in [0, 0.1) is 5.92 Å². The summed E-state index contributed by atoms with van der Waals surface area (Å²) in [4.78, 5) is 12.2. The van der Waals surface area contributed by atoms with Crippen LogP contribution in [-0.4, -0.2) is 17.5 Å². The summed E-state index contributed by atoms with van der Waals surface area (Å²) in [5.41, 5.74) is 0.794. The molecule has 1 aliphatic rings. The summed E-state index contributed by atoms with van der Waals surface area (Å²) in [5.74, 6) is 0.259. The fraction of sp³-hybridized carbons (Fsp3) is 0.562. The number of Topliss-reactive ketones (excluding diaryl/α,β-unsaturated/α-hetero) is 1. The summed E-state index contributed by atoms with van der Waals surface area (Å²) >= 11 is 0. The van der Waals surface area contributed by atoms with Crippen molar-refractivity contribution in [1.29, 1.82) is 0 Å². The van der Waals surface area contributed by atoms with Gasteiger partial charge in [0.15, 0.2) is 5.78 Å². The van der Waals surface area contributed by atoms with Gasteiger partial charge in [-0.05, 0) is 33.1 Å². The highest BCUT2D eigenvalue weighted by atomic mass is 16.5. The Bertz CT molecular complexity index is 408. The van der Waals surface area contributed by atoms with Crippen molar-refractivity contribution in [2.75, 3.05) is 0 Å². The Morgan fingerprint density at radius 3 is 2.61 bits per heavy atom. The van der Waals surface area contributed by atoms with Gasteiger partial charge in [0.05, 0.1) is 11.7 Å². The third-order valence-electron chi connectivity index (χ3n) is 3.68. The Morgan fingerprint density at radius 1 is 1.39 bits per heavy atom. The molecule has 18 heavy (non-hydrogen) atoms. The lowest BCUT2D eigenvalue weighted by Gasteiger charge is -2.21. The highest BCUT2D eigenvalue weighted by Crippen LogP contribution is 2.33. The molecule has 2 rings (SSSR count). The van der Waals surface area contributed by atoms with Crippen molar-refractivity contribution in [1.82, 2.24) is 0 Å². The second kappa shape index (κ2) is 5.23. The van der Waals surface area contributed by atoms with Gasteiger partial charge in [0.25, 0.3) is 0 Å². The second-order valence-electron chi connectivity index (χ2n) is 5.91. The van der Waals surface area contributed by atoms with Crippen molar-refractivity contribution in [2.24, 2.45) is 5.92 Å². The van der Waals surface area contributed by atoms with Gasteiger partial charge in [0, 0.05) is 11.5 Å². The van der Waals surface area contributed by atoms with Crippen LogP contribution in [0.15, 0.2) is 30.3 Å². The molecule has 0 spiro atoms. The number of hydrogen-bond acceptors (Lipinski definition) is 2. The van der Waals surface area contributed by atoms with Gasteiger partial charge in [-0.15, -0.1) is 0 Å². The number of ether oxygens (including phenoxy) is 1. The molecule has 0 radical (unpaired) electrons. The first-order valence-electron chi connectivity index (χ1n) is 6.75. The maximum Gasteiger partial charge on any atom is 0.165 e. The van der Waals surface area contributed by atoms with Gasteiger partial charge in [-0.1, -0.05) is 37.3 Å². The molecule has 0 amide bonds. The summed E-state index contributed by atoms with van der Waals surface area (Å²) in [5, 5.41) is 0. The number of ketones is 1. The maximum atomic E-state index is 12.2. The number of rotatable bonds is 4. The standard InChI is InChI=1S/C16H22O2/c1-12(11-14-9-10-16(2,3)18-14)15(17)13-7-5-4-6-8-13/h4-8,12,14H,9-11H2,1-3H3. The Labute approximate surface area is 109 Å². The lowest BCUT2D eigenvalue weighted by Crippen LogP contribution is -2.23. The molecule has 2 nitrogen and oxygen atoms in total. The molecule has 0 saturated carbocycles. The minimum absolute atomic E-state index is 0.0137. The second-order valence-corrected chi connectivity index (χ2v) is 5.91. The molecule has 0 aromatic heterocycles. The predicted molar refractivity (Wildman–Crippen MR) is 72.7 cm³/mol. The van der Waals surface area contributed by atoms with Crippen LogP contribution in [-0.2, 0) is 4.74 Å². The van der Waals surface area contributed by atoms with Crippen LogP contribution in [0.25, 0.3) is 0 Å².